The zero-order valence-corrected chi connectivity index (χ0v) is 13.9. The molecule has 0 bridgehead atoms. The van der Waals surface area contributed by atoms with Crippen molar-refractivity contribution >= 4 is 0 Å². The molecule has 0 aromatic rings. The van der Waals surface area contributed by atoms with Crippen molar-refractivity contribution in [2.45, 2.75) is 33.6 Å². The summed E-state index contributed by atoms with van der Waals surface area (Å²) in [6.07, 6.45) is 14.6. The molecule has 0 saturated carbocycles. The molecular formula is C13H16Cl2Zr. The summed E-state index contributed by atoms with van der Waals surface area (Å²) in [7, 11) is 0. The van der Waals surface area contributed by atoms with E-state index in [0.29, 0.717) is 0 Å². The molecule has 16 heavy (non-hydrogen) atoms. The van der Waals surface area contributed by atoms with Crippen LogP contribution >= 0.6 is 0 Å². The van der Waals surface area contributed by atoms with Crippen LogP contribution < -0.4 is 24.8 Å². The second kappa shape index (κ2) is 11.9. The van der Waals surface area contributed by atoms with Crippen LogP contribution in [-0.4, -0.2) is 0 Å². The Morgan fingerprint density at radius 2 is 1.75 bits per heavy atom. The van der Waals surface area contributed by atoms with Gasteiger partial charge in [0, 0.05) is 0 Å². The van der Waals surface area contributed by atoms with Gasteiger partial charge in [-0.2, -0.15) is 12.2 Å². The molecule has 0 unspecified atom stereocenters. The summed E-state index contributed by atoms with van der Waals surface area (Å²) in [5, 5.41) is 0. The van der Waals surface area contributed by atoms with Crippen LogP contribution in [0.15, 0.2) is 34.9 Å². The largest absolute Gasteiger partial charge is 4.00 e. The summed E-state index contributed by atoms with van der Waals surface area (Å²) < 4.78 is 0. The summed E-state index contributed by atoms with van der Waals surface area (Å²) in [5.74, 6) is 0. The quantitative estimate of drug-likeness (QED) is 0.441. The van der Waals surface area contributed by atoms with Crippen LogP contribution in [0.5, 0.6) is 0 Å². The fourth-order valence-corrected chi connectivity index (χ4v) is 1.15. The molecule has 0 fully saturated rings. The van der Waals surface area contributed by atoms with Crippen LogP contribution in [0, 0.1) is 12.2 Å². The van der Waals surface area contributed by atoms with Crippen molar-refractivity contribution in [2.24, 2.45) is 0 Å². The average Bonchev–Trinajstić information content (AvgIpc) is 2.67. The monoisotopic (exact) mass is 332 g/mol. The Hall–Kier alpha value is 0.423. The summed E-state index contributed by atoms with van der Waals surface area (Å²) in [5.41, 5.74) is 4.05. The third-order valence-corrected chi connectivity index (χ3v) is 2.23. The number of hydrogen-bond acceptors (Lipinski definition) is 0. The van der Waals surface area contributed by atoms with Gasteiger partial charge in [0.25, 0.3) is 0 Å². The Morgan fingerprint density at radius 3 is 1.88 bits per heavy atom. The first-order valence-electron chi connectivity index (χ1n) is 4.68. The Labute approximate surface area is 131 Å². The van der Waals surface area contributed by atoms with Gasteiger partial charge in [-0.3, -0.25) is 12.2 Å². The number of hydrogen-bond donors (Lipinski definition) is 0. The van der Waals surface area contributed by atoms with Gasteiger partial charge < -0.3 is 24.8 Å². The molecule has 0 amide bonds. The zero-order chi connectivity index (χ0) is 9.68. The van der Waals surface area contributed by atoms with E-state index in [4.69, 9.17) is 0 Å². The molecule has 0 nitrogen and oxygen atoms in total. The predicted molar refractivity (Wildman–Crippen MR) is 57.0 cm³/mol. The van der Waals surface area contributed by atoms with Crippen LogP contribution in [0.3, 0.4) is 0 Å². The zero-order valence-electron chi connectivity index (χ0n) is 9.90. The molecule has 0 aromatic heterocycles. The topological polar surface area (TPSA) is 0 Å². The van der Waals surface area contributed by atoms with E-state index >= 15 is 0 Å². The van der Waals surface area contributed by atoms with E-state index in [1.807, 2.05) is 0 Å². The molecule has 0 radical (unpaired) electrons. The molecule has 86 valence electrons. The number of halogens is 2. The van der Waals surface area contributed by atoms with Crippen molar-refractivity contribution in [2.75, 3.05) is 0 Å². The van der Waals surface area contributed by atoms with Crippen molar-refractivity contribution in [1.29, 1.82) is 0 Å². The smallest absolute Gasteiger partial charge is 1.00 e. The van der Waals surface area contributed by atoms with E-state index in [2.05, 4.69) is 51.2 Å². The third-order valence-electron chi connectivity index (χ3n) is 2.23. The minimum atomic E-state index is 0. The Bertz CT molecular complexity index is 296. The van der Waals surface area contributed by atoms with E-state index in [1.54, 1.807) is 0 Å². The molecular weight excluding hydrogens is 318 g/mol. The summed E-state index contributed by atoms with van der Waals surface area (Å²) in [4.78, 5) is 0. The van der Waals surface area contributed by atoms with Gasteiger partial charge in [0.1, 0.15) is 0 Å². The second-order valence-electron chi connectivity index (χ2n) is 3.42. The van der Waals surface area contributed by atoms with Crippen molar-refractivity contribution in [3.8, 4) is 0 Å². The van der Waals surface area contributed by atoms with Crippen molar-refractivity contribution < 1.29 is 51.0 Å². The molecule has 0 saturated heterocycles. The average molecular weight is 334 g/mol. The molecule has 0 aliphatic heterocycles. The molecule has 0 N–H and O–H groups in total. The van der Waals surface area contributed by atoms with Crippen LogP contribution in [0.25, 0.3) is 0 Å². The Balaban J connectivity index is -0.000000179. The van der Waals surface area contributed by atoms with Crippen LogP contribution in [0.4, 0.5) is 0 Å². The molecule has 2 aliphatic rings. The summed E-state index contributed by atoms with van der Waals surface area (Å²) in [6, 6.07) is 0. The van der Waals surface area contributed by atoms with Gasteiger partial charge in [-0.15, -0.1) is 13.3 Å². The van der Waals surface area contributed by atoms with Gasteiger partial charge in [-0.25, -0.2) is 22.8 Å². The molecule has 0 aromatic carbocycles. The molecule has 3 heteroatoms. The maximum atomic E-state index is 3.12. The predicted octanol–water partition coefficient (Wildman–Crippen LogP) is -2.21. The number of rotatable bonds is 0. The molecule has 0 spiro atoms. The maximum Gasteiger partial charge on any atom is 4.00 e. The second-order valence-corrected chi connectivity index (χ2v) is 3.42. The van der Waals surface area contributed by atoms with E-state index in [9.17, 15) is 0 Å². The van der Waals surface area contributed by atoms with Gasteiger partial charge in [0.05, 0.1) is 0 Å². The fourth-order valence-electron chi connectivity index (χ4n) is 1.15. The maximum absolute atomic E-state index is 3.12. The minimum absolute atomic E-state index is 0. The molecule has 2 rings (SSSR count). The molecule has 2 aliphatic carbocycles. The van der Waals surface area contributed by atoms with Crippen LogP contribution in [-0.2, 0) is 26.2 Å². The normalized spacial score (nSPS) is 15.3. The first kappa shape index (κ1) is 21.7. The van der Waals surface area contributed by atoms with Gasteiger partial charge in [0.15, 0.2) is 0 Å². The third kappa shape index (κ3) is 8.56. The van der Waals surface area contributed by atoms with E-state index < -0.39 is 0 Å². The van der Waals surface area contributed by atoms with Crippen molar-refractivity contribution in [3.05, 3.63) is 47.1 Å². The van der Waals surface area contributed by atoms with Gasteiger partial charge >= 0.3 is 26.2 Å². The van der Waals surface area contributed by atoms with E-state index in [1.165, 1.54) is 16.7 Å². The van der Waals surface area contributed by atoms with Crippen molar-refractivity contribution in [3.63, 3.8) is 0 Å². The van der Waals surface area contributed by atoms with Gasteiger partial charge in [-0.05, 0) is 0 Å². The summed E-state index contributed by atoms with van der Waals surface area (Å²) >= 11 is 0. The molecule has 0 heterocycles. The van der Waals surface area contributed by atoms with Crippen LogP contribution in [0.1, 0.15) is 33.6 Å². The molecule has 0 atom stereocenters. The fraction of sp³-hybridized carbons (Fsp3) is 0.385. The Kier molecular flexibility index (Phi) is 16.1. The minimum Gasteiger partial charge on any atom is -1.00 e. The van der Waals surface area contributed by atoms with Gasteiger partial charge in [-0.1, -0.05) is 20.3 Å². The SMILES string of the molecule is CC1=C(C)CC=[C-]1.CC1=[C-]CC=C1.[Cl-].[Cl-].[Zr+4]. The standard InChI is InChI=1S/C7H9.C6H7.2ClH.Zr/c1-6-4-3-5-7(6)2;1-6-4-2-3-5-6;;;/h3H,4H2,1-2H3;2,4H,3H2,1H3;2*1H;/q2*-1;;;+4/p-2. The first-order chi connectivity index (χ1) is 6.20. The van der Waals surface area contributed by atoms with Crippen LogP contribution in [0.2, 0.25) is 0 Å². The van der Waals surface area contributed by atoms with Gasteiger partial charge in [0.2, 0.25) is 0 Å². The number of allylic oxidation sites excluding steroid dienone is 8. The van der Waals surface area contributed by atoms with E-state index in [-0.39, 0.29) is 51.0 Å². The van der Waals surface area contributed by atoms with E-state index in [0.717, 1.165) is 12.8 Å². The Morgan fingerprint density at radius 1 is 1.12 bits per heavy atom. The first-order valence-corrected chi connectivity index (χ1v) is 4.68. The van der Waals surface area contributed by atoms with Crippen molar-refractivity contribution in [1.82, 2.24) is 0 Å². The summed E-state index contributed by atoms with van der Waals surface area (Å²) in [6.45, 7) is 6.30.